The summed E-state index contributed by atoms with van der Waals surface area (Å²) in [4.78, 5) is 22.1. The van der Waals surface area contributed by atoms with Gasteiger partial charge in [0.15, 0.2) is 0 Å². The highest BCUT2D eigenvalue weighted by molar-refractivity contribution is 7.89. The summed E-state index contributed by atoms with van der Waals surface area (Å²) in [6.45, 7) is 1.42. The smallest absolute Gasteiger partial charge is 0.325 e. The van der Waals surface area contributed by atoms with E-state index in [0.29, 0.717) is 0 Å². The summed E-state index contributed by atoms with van der Waals surface area (Å²) in [5, 5.41) is 10.9. The molecule has 1 aromatic rings. The number of hydrogen-bond acceptors (Lipinski definition) is 4. The molecule has 0 aliphatic rings. The molecule has 1 aromatic carbocycles. The Morgan fingerprint density at radius 1 is 1.30 bits per heavy atom. The number of halogens is 1. The molecule has 2 N–H and O–H groups in total. The number of carboxylic acids is 1. The highest BCUT2D eigenvalue weighted by Gasteiger charge is 2.21. The number of carbonyl (C=O) groups is 2. The van der Waals surface area contributed by atoms with E-state index in [9.17, 15) is 22.4 Å². The lowest BCUT2D eigenvalue weighted by Crippen LogP contribution is -2.38. The Labute approximate surface area is 134 Å². The Hall–Kier alpha value is -2.00. The van der Waals surface area contributed by atoms with Crippen LogP contribution in [0, 0.1) is 5.82 Å². The second-order valence-corrected chi connectivity index (χ2v) is 7.06. The molecular weight excluding hydrogens is 327 g/mol. The van der Waals surface area contributed by atoms with Crippen LogP contribution >= 0.6 is 0 Å². The molecule has 1 atom stereocenters. The molecule has 1 amide bonds. The average molecular weight is 346 g/mol. The van der Waals surface area contributed by atoms with Crippen LogP contribution < -0.4 is 5.32 Å². The van der Waals surface area contributed by atoms with Gasteiger partial charge in [-0.25, -0.2) is 17.1 Å². The number of nitrogens with zero attached hydrogens (tertiary/aromatic N) is 1. The van der Waals surface area contributed by atoms with Crippen molar-refractivity contribution in [2.24, 2.45) is 0 Å². The lowest BCUT2D eigenvalue weighted by molar-refractivity contribution is -0.141. The third-order valence-electron chi connectivity index (χ3n) is 3.15. The minimum absolute atomic E-state index is 0.000891. The maximum Gasteiger partial charge on any atom is 0.325 e. The molecule has 9 heteroatoms. The zero-order valence-corrected chi connectivity index (χ0v) is 13.6. The first kappa shape index (κ1) is 19.0. The van der Waals surface area contributed by atoms with Crippen LogP contribution in [0.25, 0.3) is 0 Å². The summed E-state index contributed by atoms with van der Waals surface area (Å²) < 4.78 is 38.3. The van der Waals surface area contributed by atoms with E-state index in [1.165, 1.54) is 26.1 Å². The SMILES string of the molecule is C[C@@H](NC(=O)CCCN(C)S(=O)(=O)c1ccc(F)cc1)C(=O)O. The summed E-state index contributed by atoms with van der Waals surface area (Å²) in [5.41, 5.74) is 0. The van der Waals surface area contributed by atoms with E-state index in [4.69, 9.17) is 5.11 Å². The van der Waals surface area contributed by atoms with E-state index in [1.807, 2.05) is 0 Å². The second kappa shape index (κ2) is 8.02. The largest absolute Gasteiger partial charge is 0.480 e. The molecule has 0 heterocycles. The van der Waals surface area contributed by atoms with Gasteiger partial charge in [-0.2, -0.15) is 0 Å². The molecule has 0 unspecified atom stereocenters. The molecule has 23 heavy (non-hydrogen) atoms. The summed E-state index contributed by atoms with van der Waals surface area (Å²) in [7, 11) is -2.39. The predicted molar refractivity (Wildman–Crippen MR) is 80.7 cm³/mol. The van der Waals surface area contributed by atoms with Gasteiger partial charge in [-0.05, 0) is 37.6 Å². The fourth-order valence-corrected chi connectivity index (χ4v) is 2.95. The van der Waals surface area contributed by atoms with Crippen molar-refractivity contribution in [2.75, 3.05) is 13.6 Å². The third-order valence-corrected chi connectivity index (χ3v) is 5.02. The topological polar surface area (TPSA) is 104 Å². The fourth-order valence-electron chi connectivity index (χ4n) is 1.74. The summed E-state index contributed by atoms with van der Waals surface area (Å²) in [5.74, 6) is -2.14. The molecule has 1 rings (SSSR count). The lowest BCUT2D eigenvalue weighted by Gasteiger charge is -2.17. The minimum Gasteiger partial charge on any atom is -0.480 e. The number of benzene rings is 1. The van der Waals surface area contributed by atoms with Crippen molar-refractivity contribution in [1.82, 2.24) is 9.62 Å². The quantitative estimate of drug-likeness (QED) is 0.725. The molecule has 7 nitrogen and oxygen atoms in total. The molecule has 0 bridgehead atoms. The van der Waals surface area contributed by atoms with Crippen LogP contribution in [0.1, 0.15) is 19.8 Å². The Kier molecular flexibility index (Phi) is 6.64. The van der Waals surface area contributed by atoms with Crippen LogP contribution in [0.2, 0.25) is 0 Å². The van der Waals surface area contributed by atoms with Gasteiger partial charge in [0.05, 0.1) is 4.90 Å². The fraction of sp³-hybridized carbons (Fsp3) is 0.429. The third kappa shape index (κ3) is 5.61. The van der Waals surface area contributed by atoms with E-state index >= 15 is 0 Å². The van der Waals surface area contributed by atoms with Crippen molar-refractivity contribution >= 4 is 21.9 Å². The van der Waals surface area contributed by atoms with Crippen LogP contribution in [0.15, 0.2) is 29.2 Å². The highest BCUT2D eigenvalue weighted by atomic mass is 32.2. The first-order chi connectivity index (χ1) is 10.6. The van der Waals surface area contributed by atoms with Gasteiger partial charge in [0.1, 0.15) is 11.9 Å². The van der Waals surface area contributed by atoms with Gasteiger partial charge >= 0.3 is 5.97 Å². The van der Waals surface area contributed by atoms with E-state index in [0.717, 1.165) is 16.4 Å². The molecule has 0 aliphatic heterocycles. The molecule has 0 radical (unpaired) electrons. The molecule has 0 saturated heterocycles. The van der Waals surface area contributed by atoms with Crippen molar-refractivity contribution in [2.45, 2.75) is 30.7 Å². The average Bonchev–Trinajstić information content (AvgIpc) is 2.47. The molecule has 0 saturated carbocycles. The standard InChI is InChI=1S/C14H19FN2O5S/c1-10(14(19)20)16-13(18)4-3-9-17(2)23(21,22)12-7-5-11(15)6-8-12/h5-8,10H,3-4,9H2,1-2H3,(H,16,18)(H,19,20)/t10-/m1/s1. The summed E-state index contributed by atoms with van der Waals surface area (Å²) in [6.07, 6.45) is 0.232. The number of aliphatic carboxylic acids is 1. The lowest BCUT2D eigenvalue weighted by atomic mass is 10.2. The molecule has 0 aromatic heterocycles. The normalized spacial score (nSPS) is 12.9. The Morgan fingerprint density at radius 2 is 1.87 bits per heavy atom. The first-order valence-corrected chi connectivity index (χ1v) is 8.32. The maximum absolute atomic E-state index is 12.8. The van der Waals surface area contributed by atoms with Gasteiger partial charge in [-0.3, -0.25) is 9.59 Å². The Balaban J connectivity index is 2.53. The van der Waals surface area contributed by atoms with E-state index in [-0.39, 0.29) is 24.3 Å². The zero-order chi connectivity index (χ0) is 17.6. The van der Waals surface area contributed by atoms with Crippen LogP contribution in [-0.2, 0) is 19.6 Å². The second-order valence-electron chi connectivity index (χ2n) is 5.01. The zero-order valence-electron chi connectivity index (χ0n) is 12.8. The van der Waals surface area contributed by atoms with Gasteiger partial charge in [0.2, 0.25) is 15.9 Å². The van der Waals surface area contributed by atoms with Crippen LogP contribution in [-0.4, -0.2) is 49.3 Å². The predicted octanol–water partition coefficient (Wildman–Crippen LogP) is 0.816. The van der Waals surface area contributed by atoms with E-state index < -0.39 is 33.8 Å². The van der Waals surface area contributed by atoms with Gasteiger partial charge < -0.3 is 10.4 Å². The molecule has 0 aliphatic carbocycles. The van der Waals surface area contributed by atoms with E-state index in [1.54, 1.807) is 0 Å². The van der Waals surface area contributed by atoms with Crippen LogP contribution in [0.4, 0.5) is 4.39 Å². The summed E-state index contributed by atoms with van der Waals surface area (Å²) >= 11 is 0. The van der Waals surface area contributed by atoms with Crippen LogP contribution in [0.5, 0.6) is 0 Å². The number of hydrogen-bond donors (Lipinski definition) is 2. The maximum atomic E-state index is 12.8. The van der Waals surface area contributed by atoms with E-state index in [2.05, 4.69) is 5.32 Å². The Bertz CT molecular complexity index is 660. The number of sulfonamides is 1. The van der Waals surface area contributed by atoms with Crippen molar-refractivity contribution in [1.29, 1.82) is 0 Å². The van der Waals surface area contributed by atoms with Gasteiger partial charge in [-0.1, -0.05) is 0 Å². The number of amides is 1. The number of carbonyl (C=O) groups excluding carboxylic acids is 1. The summed E-state index contributed by atoms with van der Waals surface area (Å²) in [6, 6.07) is 3.46. The molecular formula is C14H19FN2O5S. The van der Waals surface area contributed by atoms with Gasteiger partial charge in [-0.15, -0.1) is 0 Å². The number of rotatable bonds is 8. The van der Waals surface area contributed by atoms with Gasteiger partial charge in [0.25, 0.3) is 0 Å². The first-order valence-electron chi connectivity index (χ1n) is 6.88. The van der Waals surface area contributed by atoms with Crippen molar-refractivity contribution in [3.05, 3.63) is 30.1 Å². The van der Waals surface area contributed by atoms with Crippen molar-refractivity contribution in [3.63, 3.8) is 0 Å². The Morgan fingerprint density at radius 3 is 2.39 bits per heavy atom. The van der Waals surface area contributed by atoms with Crippen molar-refractivity contribution < 1.29 is 27.5 Å². The number of carboxylic acid groups (broad SMARTS) is 1. The van der Waals surface area contributed by atoms with Crippen LogP contribution in [0.3, 0.4) is 0 Å². The minimum atomic E-state index is -3.75. The monoisotopic (exact) mass is 346 g/mol. The molecule has 128 valence electrons. The molecule has 0 spiro atoms. The number of nitrogens with one attached hydrogen (secondary N) is 1. The van der Waals surface area contributed by atoms with Gasteiger partial charge in [0, 0.05) is 20.0 Å². The molecule has 0 fully saturated rings. The van der Waals surface area contributed by atoms with Crippen molar-refractivity contribution in [3.8, 4) is 0 Å². The highest BCUT2D eigenvalue weighted by Crippen LogP contribution is 2.15.